The van der Waals surface area contributed by atoms with Gasteiger partial charge in [-0.25, -0.2) is 0 Å². The Morgan fingerprint density at radius 2 is 2.05 bits per heavy atom. The fourth-order valence-electron chi connectivity index (χ4n) is 2.42. The van der Waals surface area contributed by atoms with Crippen LogP contribution in [0.1, 0.15) is 27.4 Å². The highest BCUT2D eigenvalue weighted by Crippen LogP contribution is 2.19. The Bertz CT molecular complexity index is 462. The van der Waals surface area contributed by atoms with Crippen LogP contribution in [0.2, 0.25) is 0 Å². The van der Waals surface area contributed by atoms with Gasteiger partial charge in [-0.05, 0) is 45.0 Å². The molecule has 0 radical (unpaired) electrons. The number of thiophene rings is 1. The smallest absolute Gasteiger partial charge is 0.222 e. The van der Waals surface area contributed by atoms with Gasteiger partial charge in [0.2, 0.25) is 5.91 Å². The second-order valence-corrected chi connectivity index (χ2v) is 6.29. The number of rotatable bonds is 4. The Labute approximate surface area is 117 Å². The SMILES string of the molecule is CNC(=O)C1CCN(CC(=O)c2ccc(C)s2)CC1. The van der Waals surface area contributed by atoms with E-state index in [1.165, 1.54) is 4.88 Å². The first-order valence-electron chi connectivity index (χ1n) is 6.63. The van der Waals surface area contributed by atoms with Crippen LogP contribution >= 0.6 is 11.3 Å². The number of carbonyl (C=O) groups excluding carboxylic acids is 2. The maximum absolute atomic E-state index is 12.1. The standard InChI is InChI=1S/C14H20N2O2S/c1-10-3-4-13(19-10)12(17)9-16-7-5-11(6-8-16)14(18)15-2/h3-4,11H,5-9H2,1-2H3,(H,15,18). The first-order valence-corrected chi connectivity index (χ1v) is 7.45. The van der Waals surface area contributed by atoms with E-state index in [1.807, 2.05) is 19.1 Å². The van der Waals surface area contributed by atoms with Crippen molar-refractivity contribution in [2.45, 2.75) is 19.8 Å². The molecule has 1 aliphatic rings. The van der Waals surface area contributed by atoms with Crippen LogP contribution < -0.4 is 5.32 Å². The van der Waals surface area contributed by atoms with E-state index in [9.17, 15) is 9.59 Å². The molecule has 1 aromatic rings. The number of hydrogen-bond donors (Lipinski definition) is 1. The maximum Gasteiger partial charge on any atom is 0.222 e. The molecule has 1 amide bonds. The summed E-state index contributed by atoms with van der Waals surface area (Å²) in [5, 5.41) is 2.70. The fourth-order valence-corrected chi connectivity index (χ4v) is 3.22. The molecule has 0 saturated carbocycles. The van der Waals surface area contributed by atoms with Gasteiger partial charge in [0.05, 0.1) is 11.4 Å². The second-order valence-electron chi connectivity index (χ2n) is 5.00. The predicted octanol–water partition coefficient (Wildman–Crippen LogP) is 1.70. The molecular weight excluding hydrogens is 260 g/mol. The Morgan fingerprint density at radius 3 is 2.58 bits per heavy atom. The van der Waals surface area contributed by atoms with Gasteiger partial charge in [0, 0.05) is 17.8 Å². The molecule has 2 rings (SSSR count). The number of carbonyl (C=O) groups is 2. The minimum absolute atomic E-state index is 0.111. The number of Topliss-reactive ketones (excluding diaryl/α,β-unsaturated/α-hetero) is 1. The lowest BCUT2D eigenvalue weighted by molar-refractivity contribution is -0.125. The zero-order valence-corrected chi connectivity index (χ0v) is 12.3. The molecule has 104 valence electrons. The number of ketones is 1. The summed E-state index contributed by atoms with van der Waals surface area (Å²) in [7, 11) is 1.68. The zero-order valence-electron chi connectivity index (χ0n) is 11.4. The highest BCUT2D eigenvalue weighted by atomic mass is 32.1. The van der Waals surface area contributed by atoms with Crippen molar-refractivity contribution < 1.29 is 9.59 Å². The molecule has 1 aromatic heterocycles. The number of hydrogen-bond acceptors (Lipinski definition) is 4. The molecule has 5 heteroatoms. The first-order chi connectivity index (χ1) is 9.10. The molecule has 1 fully saturated rings. The molecule has 1 aliphatic heterocycles. The number of likely N-dealkylation sites (tertiary alicyclic amines) is 1. The average Bonchev–Trinajstić information content (AvgIpc) is 2.85. The number of amides is 1. The average molecular weight is 280 g/mol. The van der Waals surface area contributed by atoms with Crippen LogP contribution in [-0.2, 0) is 4.79 Å². The van der Waals surface area contributed by atoms with Gasteiger partial charge in [-0.2, -0.15) is 0 Å². The van der Waals surface area contributed by atoms with Gasteiger partial charge in [-0.3, -0.25) is 14.5 Å². The van der Waals surface area contributed by atoms with Crippen molar-refractivity contribution in [2.24, 2.45) is 5.92 Å². The van der Waals surface area contributed by atoms with Crippen molar-refractivity contribution in [1.82, 2.24) is 10.2 Å². The van der Waals surface area contributed by atoms with Gasteiger partial charge in [-0.1, -0.05) is 0 Å². The number of nitrogens with zero attached hydrogens (tertiary/aromatic N) is 1. The van der Waals surface area contributed by atoms with Crippen LogP contribution in [0.5, 0.6) is 0 Å². The predicted molar refractivity (Wildman–Crippen MR) is 76.6 cm³/mol. The topological polar surface area (TPSA) is 49.4 Å². The van der Waals surface area contributed by atoms with E-state index in [0.717, 1.165) is 30.8 Å². The summed E-state index contributed by atoms with van der Waals surface area (Å²) >= 11 is 1.55. The monoisotopic (exact) mass is 280 g/mol. The van der Waals surface area contributed by atoms with Crippen LogP contribution in [-0.4, -0.2) is 43.3 Å². The summed E-state index contributed by atoms with van der Waals surface area (Å²) in [4.78, 5) is 27.8. The van der Waals surface area contributed by atoms with E-state index in [1.54, 1.807) is 18.4 Å². The molecule has 1 N–H and O–H groups in total. The quantitative estimate of drug-likeness (QED) is 0.854. The van der Waals surface area contributed by atoms with Crippen molar-refractivity contribution in [1.29, 1.82) is 0 Å². The number of nitrogens with one attached hydrogen (secondary N) is 1. The van der Waals surface area contributed by atoms with Crippen molar-refractivity contribution >= 4 is 23.0 Å². The molecule has 2 heterocycles. The van der Waals surface area contributed by atoms with E-state index in [-0.39, 0.29) is 17.6 Å². The van der Waals surface area contributed by atoms with Crippen LogP contribution in [0.4, 0.5) is 0 Å². The van der Waals surface area contributed by atoms with Gasteiger partial charge in [0.15, 0.2) is 5.78 Å². The van der Waals surface area contributed by atoms with E-state index in [0.29, 0.717) is 6.54 Å². The van der Waals surface area contributed by atoms with Crippen LogP contribution in [0.15, 0.2) is 12.1 Å². The Balaban J connectivity index is 1.82. The minimum Gasteiger partial charge on any atom is -0.359 e. The van der Waals surface area contributed by atoms with Gasteiger partial charge in [0.1, 0.15) is 0 Å². The summed E-state index contributed by atoms with van der Waals surface area (Å²) in [6.07, 6.45) is 1.69. The van der Waals surface area contributed by atoms with E-state index in [4.69, 9.17) is 0 Å². The van der Waals surface area contributed by atoms with E-state index < -0.39 is 0 Å². The molecule has 0 aromatic carbocycles. The van der Waals surface area contributed by atoms with Gasteiger partial charge in [0.25, 0.3) is 0 Å². The molecule has 0 bridgehead atoms. The Morgan fingerprint density at radius 1 is 1.37 bits per heavy atom. The lowest BCUT2D eigenvalue weighted by Crippen LogP contribution is -2.41. The highest BCUT2D eigenvalue weighted by molar-refractivity contribution is 7.14. The normalized spacial score (nSPS) is 17.4. The molecule has 0 aliphatic carbocycles. The zero-order chi connectivity index (χ0) is 13.8. The van der Waals surface area contributed by atoms with Crippen LogP contribution in [0.3, 0.4) is 0 Å². The lowest BCUT2D eigenvalue weighted by atomic mass is 9.96. The first kappa shape index (κ1) is 14.2. The fraction of sp³-hybridized carbons (Fsp3) is 0.571. The van der Waals surface area contributed by atoms with Crippen molar-refractivity contribution in [3.8, 4) is 0 Å². The highest BCUT2D eigenvalue weighted by Gasteiger charge is 2.25. The van der Waals surface area contributed by atoms with Crippen molar-refractivity contribution in [3.05, 3.63) is 21.9 Å². The number of aryl methyl sites for hydroxylation is 1. The molecule has 4 nitrogen and oxygen atoms in total. The summed E-state index contributed by atoms with van der Waals surface area (Å²) < 4.78 is 0. The summed E-state index contributed by atoms with van der Waals surface area (Å²) in [5.41, 5.74) is 0. The summed E-state index contributed by atoms with van der Waals surface area (Å²) in [6.45, 7) is 4.14. The number of piperidine rings is 1. The maximum atomic E-state index is 12.1. The second kappa shape index (κ2) is 6.30. The lowest BCUT2D eigenvalue weighted by Gasteiger charge is -2.30. The van der Waals surface area contributed by atoms with Crippen LogP contribution in [0.25, 0.3) is 0 Å². The van der Waals surface area contributed by atoms with E-state index in [2.05, 4.69) is 10.2 Å². The van der Waals surface area contributed by atoms with Gasteiger partial charge >= 0.3 is 0 Å². The molecular formula is C14H20N2O2S. The largest absolute Gasteiger partial charge is 0.359 e. The third-order valence-corrected chi connectivity index (χ3v) is 4.63. The third-order valence-electron chi connectivity index (χ3n) is 3.59. The molecule has 0 unspecified atom stereocenters. The Kier molecular flexibility index (Phi) is 4.71. The third kappa shape index (κ3) is 3.64. The summed E-state index contributed by atoms with van der Waals surface area (Å²) in [5.74, 6) is 0.427. The molecule has 0 atom stereocenters. The molecule has 0 spiro atoms. The van der Waals surface area contributed by atoms with Crippen molar-refractivity contribution in [2.75, 3.05) is 26.7 Å². The molecule has 1 saturated heterocycles. The van der Waals surface area contributed by atoms with Gasteiger partial charge in [-0.15, -0.1) is 11.3 Å². The van der Waals surface area contributed by atoms with Crippen LogP contribution in [0, 0.1) is 12.8 Å². The molecule has 19 heavy (non-hydrogen) atoms. The van der Waals surface area contributed by atoms with E-state index >= 15 is 0 Å². The van der Waals surface area contributed by atoms with Gasteiger partial charge < -0.3 is 5.32 Å². The summed E-state index contributed by atoms with van der Waals surface area (Å²) in [6, 6.07) is 3.88. The van der Waals surface area contributed by atoms with Crippen molar-refractivity contribution in [3.63, 3.8) is 0 Å². The minimum atomic E-state index is 0.111. The Hall–Kier alpha value is -1.20.